The fourth-order valence-corrected chi connectivity index (χ4v) is 2.86. The lowest BCUT2D eigenvalue weighted by Crippen LogP contribution is -2.31. The van der Waals surface area contributed by atoms with Gasteiger partial charge < -0.3 is 4.57 Å². The van der Waals surface area contributed by atoms with Crippen LogP contribution < -0.4 is 4.90 Å². The molecule has 0 bridgehead atoms. The molecule has 0 saturated heterocycles. The van der Waals surface area contributed by atoms with E-state index in [9.17, 15) is 4.79 Å². The van der Waals surface area contributed by atoms with Gasteiger partial charge in [-0.05, 0) is 24.5 Å². The number of carbonyl (C=O) groups excluding carboxylic acids is 1. The van der Waals surface area contributed by atoms with E-state index in [1.54, 1.807) is 0 Å². The third-order valence-electron chi connectivity index (χ3n) is 4.12. The number of aromatic nitrogens is 2. The molecule has 1 aromatic heterocycles. The summed E-state index contributed by atoms with van der Waals surface area (Å²) in [6.45, 7) is 3.78. The number of imidazole rings is 1. The molecule has 4 heteroatoms. The van der Waals surface area contributed by atoms with Gasteiger partial charge in [0.25, 0.3) is 0 Å². The zero-order valence-corrected chi connectivity index (χ0v) is 10.3. The number of hydrogen-bond donors (Lipinski definition) is 0. The average Bonchev–Trinajstić information content (AvgIpc) is 2.84. The first kappa shape index (κ1) is 10.1. The Morgan fingerprint density at radius 3 is 2.89 bits per heavy atom. The van der Waals surface area contributed by atoms with Gasteiger partial charge in [0.15, 0.2) is 0 Å². The summed E-state index contributed by atoms with van der Waals surface area (Å²) in [5.41, 5.74) is 2.11. The molecule has 1 aromatic carbocycles. The summed E-state index contributed by atoms with van der Waals surface area (Å²) in [6.07, 6.45) is 1.04. The minimum atomic E-state index is 0.233. The smallest absolute Gasteiger partial charge is 0.232 e. The van der Waals surface area contributed by atoms with E-state index in [1.165, 1.54) is 0 Å². The summed E-state index contributed by atoms with van der Waals surface area (Å²) in [5.74, 6) is 1.88. The highest BCUT2D eigenvalue weighted by Gasteiger charge is 2.43. The van der Waals surface area contributed by atoms with E-state index in [2.05, 4.69) is 22.5 Å². The highest BCUT2D eigenvalue weighted by molar-refractivity contribution is 5.97. The fourth-order valence-electron chi connectivity index (χ4n) is 2.86. The summed E-state index contributed by atoms with van der Waals surface area (Å²) in [4.78, 5) is 18.8. The molecule has 18 heavy (non-hydrogen) atoms. The Balaban J connectivity index is 1.77. The van der Waals surface area contributed by atoms with Gasteiger partial charge in [0, 0.05) is 19.0 Å². The molecule has 0 spiro atoms. The van der Waals surface area contributed by atoms with Crippen LogP contribution in [0.1, 0.15) is 13.3 Å². The molecule has 2 unspecified atom stereocenters. The minimum Gasteiger partial charge on any atom is -0.308 e. The van der Waals surface area contributed by atoms with Gasteiger partial charge in [-0.3, -0.25) is 9.69 Å². The molecule has 1 fully saturated rings. The standard InChI is InChI=1S/C14H15N3O/c1-9-8-10(9)13(18)17-7-6-16-12-5-3-2-4-11(12)15-14(16)17/h2-5,9-10H,6-8H2,1H3. The maximum absolute atomic E-state index is 12.3. The summed E-state index contributed by atoms with van der Waals surface area (Å²) < 4.78 is 2.15. The summed E-state index contributed by atoms with van der Waals surface area (Å²) in [5, 5.41) is 0. The monoisotopic (exact) mass is 241 g/mol. The maximum atomic E-state index is 12.3. The van der Waals surface area contributed by atoms with Crippen LogP contribution in [0.4, 0.5) is 5.95 Å². The Morgan fingerprint density at radius 1 is 1.33 bits per heavy atom. The predicted octanol–water partition coefficient (Wildman–Crippen LogP) is 2.04. The lowest BCUT2D eigenvalue weighted by Gasteiger charge is -2.13. The van der Waals surface area contributed by atoms with Gasteiger partial charge >= 0.3 is 0 Å². The van der Waals surface area contributed by atoms with Crippen LogP contribution in [0.25, 0.3) is 11.0 Å². The molecule has 2 aliphatic rings. The van der Waals surface area contributed by atoms with Crippen LogP contribution in [-0.2, 0) is 11.3 Å². The van der Waals surface area contributed by atoms with Crippen molar-refractivity contribution < 1.29 is 4.79 Å². The van der Waals surface area contributed by atoms with Crippen molar-refractivity contribution in [1.82, 2.24) is 9.55 Å². The zero-order valence-electron chi connectivity index (χ0n) is 10.3. The van der Waals surface area contributed by atoms with E-state index in [4.69, 9.17) is 0 Å². The number of para-hydroxylation sites is 2. The molecule has 1 aliphatic heterocycles. The number of benzene rings is 1. The Morgan fingerprint density at radius 2 is 2.11 bits per heavy atom. The van der Waals surface area contributed by atoms with Crippen molar-refractivity contribution in [1.29, 1.82) is 0 Å². The van der Waals surface area contributed by atoms with Gasteiger partial charge in [0.1, 0.15) is 0 Å². The first-order valence-electron chi connectivity index (χ1n) is 6.52. The van der Waals surface area contributed by atoms with Gasteiger partial charge in [0.2, 0.25) is 11.9 Å². The lowest BCUT2D eigenvalue weighted by atomic mass is 10.3. The predicted molar refractivity (Wildman–Crippen MR) is 69.4 cm³/mol. The van der Waals surface area contributed by atoms with E-state index in [-0.39, 0.29) is 11.8 Å². The second-order valence-corrected chi connectivity index (χ2v) is 5.36. The zero-order chi connectivity index (χ0) is 12.3. The van der Waals surface area contributed by atoms with E-state index >= 15 is 0 Å². The van der Waals surface area contributed by atoms with E-state index in [0.717, 1.165) is 36.5 Å². The molecule has 4 rings (SSSR count). The minimum absolute atomic E-state index is 0.233. The van der Waals surface area contributed by atoms with Crippen LogP contribution >= 0.6 is 0 Å². The van der Waals surface area contributed by atoms with Gasteiger partial charge in [-0.2, -0.15) is 0 Å². The van der Waals surface area contributed by atoms with Crippen molar-refractivity contribution in [2.75, 3.05) is 11.4 Å². The van der Waals surface area contributed by atoms with Gasteiger partial charge in [-0.1, -0.05) is 19.1 Å². The molecule has 1 amide bonds. The fraction of sp³-hybridized carbons (Fsp3) is 0.429. The third-order valence-corrected chi connectivity index (χ3v) is 4.12. The first-order valence-corrected chi connectivity index (χ1v) is 6.52. The van der Waals surface area contributed by atoms with Gasteiger partial charge in [-0.25, -0.2) is 4.98 Å². The highest BCUT2D eigenvalue weighted by atomic mass is 16.2. The molecule has 0 N–H and O–H groups in total. The summed E-state index contributed by atoms with van der Waals surface area (Å²) in [6, 6.07) is 8.08. The van der Waals surface area contributed by atoms with Crippen molar-refractivity contribution in [3.8, 4) is 0 Å². The van der Waals surface area contributed by atoms with Crippen LogP contribution in [-0.4, -0.2) is 22.0 Å². The van der Waals surface area contributed by atoms with E-state index in [0.29, 0.717) is 5.92 Å². The average molecular weight is 241 g/mol. The van der Waals surface area contributed by atoms with Crippen molar-refractivity contribution in [3.63, 3.8) is 0 Å². The normalized spacial score (nSPS) is 25.5. The maximum Gasteiger partial charge on any atom is 0.232 e. The summed E-state index contributed by atoms with van der Waals surface area (Å²) in [7, 11) is 0. The van der Waals surface area contributed by atoms with E-state index < -0.39 is 0 Å². The Kier molecular flexibility index (Phi) is 1.88. The number of amides is 1. The molecular formula is C14H15N3O. The van der Waals surface area contributed by atoms with Crippen molar-refractivity contribution in [3.05, 3.63) is 24.3 Å². The van der Waals surface area contributed by atoms with Gasteiger partial charge in [-0.15, -0.1) is 0 Å². The lowest BCUT2D eigenvalue weighted by molar-refractivity contribution is -0.120. The topological polar surface area (TPSA) is 38.1 Å². The Labute approximate surface area is 105 Å². The van der Waals surface area contributed by atoms with Crippen LogP contribution in [0, 0.1) is 11.8 Å². The van der Waals surface area contributed by atoms with Crippen molar-refractivity contribution in [2.24, 2.45) is 11.8 Å². The van der Waals surface area contributed by atoms with Crippen molar-refractivity contribution >= 4 is 22.9 Å². The quantitative estimate of drug-likeness (QED) is 0.766. The van der Waals surface area contributed by atoms with Crippen LogP contribution in [0.15, 0.2) is 24.3 Å². The molecule has 0 radical (unpaired) electrons. The third kappa shape index (κ3) is 1.26. The second-order valence-electron chi connectivity index (χ2n) is 5.36. The number of nitrogens with zero attached hydrogens (tertiary/aromatic N) is 3. The molecule has 4 nitrogen and oxygen atoms in total. The molecule has 2 atom stereocenters. The Bertz CT molecular complexity index is 646. The number of fused-ring (bicyclic) bond motifs is 3. The van der Waals surface area contributed by atoms with Crippen LogP contribution in [0.3, 0.4) is 0 Å². The molecule has 1 aliphatic carbocycles. The van der Waals surface area contributed by atoms with Gasteiger partial charge in [0.05, 0.1) is 11.0 Å². The largest absolute Gasteiger partial charge is 0.308 e. The SMILES string of the molecule is CC1CC1C(=O)N1CCn2c1nc1ccccc12. The molecule has 1 saturated carbocycles. The molecule has 2 aromatic rings. The number of anilines is 1. The van der Waals surface area contributed by atoms with Crippen LogP contribution in [0.5, 0.6) is 0 Å². The highest BCUT2D eigenvalue weighted by Crippen LogP contribution is 2.41. The number of hydrogen-bond acceptors (Lipinski definition) is 2. The number of carbonyl (C=O) groups is 1. The molecule has 2 heterocycles. The summed E-state index contributed by atoms with van der Waals surface area (Å²) >= 11 is 0. The molecular weight excluding hydrogens is 226 g/mol. The van der Waals surface area contributed by atoms with E-state index in [1.807, 2.05) is 23.1 Å². The first-order chi connectivity index (χ1) is 8.75. The van der Waals surface area contributed by atoms with Crippen molar-refractivity contribution in [2.45, 2.75) is 19.9 Å². The molecule has 92 valence electrons. The number of rotatable bonds is 1. The second kappa shape index (κ2) is 3.34. The van der Waals surface area contributed by atoms with Crippen LogP contribution in [0.2, 0.25) is 0 Å². The Hall–Kier alpha value is -1.84.